The number of rotatable bonds is 2. The summed E-state index contributed by atoms with van der Waals surface area (Å²) in [5, 5.41) is 3.25. The van der Waals surface area contributed by atoms with Crippen molar-refractivity contribution in [1.29, 1.82) is 0 Å². The normalized spacial score (nSPS) is 15.6. The summed E-state index contributed by atoms with van der Waals surface area (Å²) in [6.45, 7) is 0. The third-order valence-corrected chi connectivity index (χ3v) is 4.79. The first kappa shape index (κ1) is 15.7. The molecule has 25 heavy (non-hydrogen) atoms. The molecule has 0 bridgehead atoms. The van der Waals surface area contributed by atoms with E-state index in [1.54, 1.807) is 18.3 Å². The van der Waals surface area contributed by atoms with Crippen LogP contribution in [0.1, 0.15) is 42.5 Å². The summed E-state index contributed by atoms with van der Waals surface area (Å²) in [6, 6.07) is 7.36. The van der Waals surface area contributed by atoms with Crippen LogP contribution in [-0.2, 0) is 0 Å². The van der Waals surface area contributed by atoms with E-state index in [1.807, 2.05) is 0 Å². The number of hydrogen-bond acceptors (Lipinski definition) is 3. The highest BCUT2D eigenvalue weighted by Gasteiger charge is 2.19. The summed E-state index contributed by atoms with van der Waals surface area (Å²) in [5.74, 6) is -0.712. The molecule has 2 aromatic heterocycles. The number of benzene rings is 1. The van der Waals surface area contributed by atoms with E-state index >= 15 is 0 Å². The van der Waals surface area contributed by atoms with Crippen molar-refractivity contribution < 1.29 is 9.18 Å². The first-order valence-corrected chi connectivity index (χ1v) is 8.55. The lowest BCUT2D eigenvalue weighted by Crippen LogP contribution is -2.36. The number of nitrogens with zero attached hydrogens (tertiary/aromatic N) is 2. The predicted molar refractivity (Wildman–Crippen MR) is 93.3 cm³/mol. The minimum atomic E-state index is -0.488. The van der Waals surface area contributed by atoms with Gasteiger partial charge in [0.05, 0.1) is 16.5 Å². The van der Waals surface area contributed by atoms with Crippen molar-refractivity contribution in [2.75, 3.05) is 0 Å². The van der Waals surface area contributed by atoms with Crippen LogP contribution in [0.15, 0.2) is 41.3 Å². The molecule has 3 aromatic rings. The van der Waals surface area contributed by atoms with E-state index in [0.29, 0.717) is 16.7 Å². The third-order valence-electron chi connectivity index (χ3n) is 4.79. The average Bonchev–Trinajstić information content (AvgIpc) is 2.63. The minimum absolute atomic E-state index is 0.169. The number of carbonyl (C=O) groups excluding carboxylic acids is 1. The zero-order chi connectivity index (χ0) is 17.4. The van der Waals surface area contributed by atoms with Crippen molar-refractivity contribution in [3.05, 3.63) is 58.3 Å². The van der Waals surface area contributed by atoms with Gasteiger partial charge in [-0.25, -0.2) is 9.37 Å². The van der Waals surface area contributed by atoms with E-state index in [1.165, 1.54) is 29.0 Å². The lowest BCUT2D eigenvalue weighted by Gasteiger charge is -2.23. The SMILES string of the molecule is O=C(NC1CCCCC1)c1cccn2c(=O)c3cc(F)ccc3nc12. The Morgan fingerprint density at radius 3 is 2.80 bits per heavy atom. The number of carbonyl (C=O) groups is 1. The summed E-state index contributed by atoms with van der Waals surface area (Å²) in [5.41, 5.74) is 0.646. The Balaban J connectivity index is 1.81. The molecule has 1 N–H and O–H groups in total. The molecule has 4 rings (SSSR count). The number of fused-ring (bicyclic) bond motifs is 2. The number of halogens is 1. The Hall–Kier alpha value is -2.76. The zero-order valence-corrected chi connectivity index (χ0v) is 13.7. The molecule has 1 amide bonds. The quantitative estimate of drug-likeness (QED) is 0.730. The Morgan fingerprint density at radius 2 is 2.00 bits per heavy atom. The van der Waals surface area contributed by atoms with Gasteiger partial charge in [0, 0.05) is 12.2 Å². The van der Waals surface area contributed by atoms with Crippen molar-refractivity contribution >= 4 is 22.5 Å². The lowest BCUT2D eigenvalue weighted by molar-refractivity contribution is 0.0929. The topological polar surface area (TPSA) is 63.5 Å². The fourth-order valence-corrected chi connectivity index (χ4v) is 3.49. The highest BCUT2D eigenvalue weighted by atomic mass is 19.1. The molecule has 0 saturated heterocycles. The molecule has 128 valence electrons. The molecule has 5 nitrogen and oxygen atoms in total. The van der Waals surface area contributed by atoms with Gasteiger partial charge in [-0.2, -0.15) is 0 Å². The van der Waals surface area contributed by atoms with Crippen LogP contribution < -0.4 is 10.9 Å². The van der Waals surface area contributed by atoms with Gasteiger partial charge in [0.1, 0.15) is 5.82 Å². The molecule has 1 aromatic carbocycles. The van der Waals surface area contributed by atoms with Crippen LogP contribution >= 0.6 is 0 Å². The van der Waals surface area contributed by atoms with Crippen molar-refractivity contribution in [1.82, 2.24) is 14.7 Å². The van der Waals surface area contributed by atoms with Gasteiger partial charge >= 0.3 is 0 Å². The summed E-state index contributed by atoms with van der Waals surface area (Å²) in [4.78, 5) is 29.8. The smallest absolute Gasteiger partial charge is 0.265 e. The van der Waals surface area contributed by atoms with Crippen LogP contribution in [0.2, 0.25) is 0 Å². The molecule has 1 saturated carbocycles. The van der Waals surface area contributed by atoms with E-state index in [2.05, 4.69) is 10.3 Å². The summed E-state index contributed by atoms with van der Waals surface area (Å²) in [6.07, 6.45) is 6.95. The van der Waals surface area contributed by atoms with Gasteiger partial charge in [0.15, 0.2) is 5.65 Å². The second-order valence-electron chi connectivity index (χ2n) is 6.50. The molecule has 0 atom stereocenters. The molecular formula is C19H18FN3O2. The second kappa shape index (κ2) is 6.27. The zero-order valence-electron chi connectivity index (χ0n) is 13.7. The van der Waals surface area contributed by atoms with Crippen LogP contribution in [-0.4, -0.2) is 21.3 Å². The molecule has 6 heteroatoms. The standard InChI is InChI=1S/C19H18FN3O2/c20-12-8-9-16-15(11-12)19(25)23-10-4-7-14(17(23)22-16)18(24)21-13-5-2-1-3-6-13/h4,7-11,13H,1-3,5-6H2,(H,21,24). The lowest BCUT2D eigenvalue weighted by atomic mass is 9.95. The fraction of sp³-hybridized carbons (Fsp3) is 0.316. The monoisotopic (exact) mass is 339 g/mol. The fourth-order valence-electron chi connectivity index (χ4n) is 3.49. The van der Waals surface area contributed by atoms with Crippen LogP contribution in [0.4, 0.5) is 4.39 Å². The largest absolute Gasteiger partial charge is 0.349 e. The highest BCUT2D eigenvalue weighted by molar-refractivity contribution is 6.00. The molecule has 1 aliphatic rings. The number of amides is 1. The Kier molecular flexibility index (Phi) is 3.95. The number of pyridine rings is 1. The van der Waals surface area contributed by atoms with Crippen LogP contribution in [0.3, 0.4) is 0 Å². The molecule has 0 unspecified atom stereocenters. The maximum atomic E-state index is 13.4. The summed E-state index contributed by atoms with van der Waals surface area (Å²) in [7, 11) is 0. The number of aromatic nitrogens is 2. The summed E-state index contributed by atoms with van der Waals surface area (Å²) >= 11 is 0. The van der Waals surface area contributed by atoms with Gasteiger partial charge in [-0.3, -0.25) is 14.0 Å². The summed E-state index contributed by atoms with van der Waals surface area (Å²) < 4.78 is 14.7. The van der Waals surface area contributed by atoms with Crippen LogP contribution in [0.5, 0.6) is 0 Å². The van der Waals surface area contributed by atoms with Crippen LogP contribution in [0, 0.1) is 5.82 Å². The first-order valence-electron chi connectivity index (χ1n) is 8.55. The molecule has 1 aliphatic carbocycles. The van der Waals surface area contributed by atoms with Crippen LogP contribution in [0.25, 0.3) is 16.6 Å². The van der Waals surface area contributed by atoms with Gasteiger partial charge in [-0.05, 0) is 43.2 Å². The first-order chi connectivity index (χ1) is 12.1. The second-order valence-corrected chi connectivity index (χ2v) is 6.50. The van der Waals surface area contributed by atoms with Gasteiger partial charge in [0.25, 0.3) is 11.5 Å². The Labute approximate surface area is 143 Å². The minimum Gasteiger partial charge on any atom is -0.349 e. The average molecular weight is 339 g/mol. The van der Waals surface area contributed by atoms with Gasteiger partial charge in [-0.15, -0.1) is 0 Å². The van der Waals surface area contributed by atoms with E-state index < -0.39 is 5.82 Å². The van der Waals surface area contributed by atoms with Gasteiger partial charge in [-0.1, -0.05) is 19.3 Å². The van der Waals surface area contributed by atoms with E-state index in [4.69, 9.17) is 0 Å². The Bertz CT molecular complexity index is 1020. The Morgan fingerprint density at radius 1 is 1.20 bits per heavy atom. The molecule has 1 fully saturated rings. The van der Waals surface area contributed by atoms with Crippen molar-refractivity contribution in [3.63, 3.8) is 0 Å². The number of hydrogen-bond donors (Lipinski definition) is 1. The van der Waals surface area contributed by atoms with Crippen molar-refractivity contribution in [3.8, 4) is 0 Å². The van der Waals surface area contributed by atoms with Gasteiger partial charge < -0.3 is 5.32 Å². The van der Waals surface area contributed by atoms with Gasteiger partial charge in [0.2, 0.25) is 0 Å². The molecule has 0 aliphatic heterocycles. The van der Waals surface area contributed by atoms with E-state index in [-0.39, 0.29) is 22.9 Å². The molecule has 2 heterocycles. The van der Waals surface area contributed by atoms with Crippen molar-refractivity contribution in [2.24, 2.45) is 0 Å². The maximum Gasteiger partial charge on any atom is 0.265 e. The van der Waals surface area contributed by atoms with E-state index in [9.17, 15) is 14.0 Å². The van der Waals surface area contributed by atoms with E-state index in [0.717, 1.165) is 25.7 Å². The molecular weight excluding hydrogens is 321 g/mol. The van der Waals surface area contributed by atoms with Crippen molar-refractivity contribution in [2.45, 2.75) is 38.1 Å². The number of nitrogens with one attached hydrogen (secondary N) is 1. The molecule has 0 spiro atoms. The highest BCUT2D eigenvalue weighted by Crippen LogP contribution is 2.19. The predicted octanol–water partition coefficient (Wildman–Crippen LogP) is 3.05. The third kappa shape index (κ3) is 2.88. The molecule has 0 radical (unpaired) electrons. The maximum absolute atomic E-state index is 13.4.